The van der Waals surface area contributed by atoms with Crippen molar-refractivity contribution in [2.24, 2.45) is 0 Å². The number of nitrogens with one attached hydrogen (secondary N) is 1. The summed E-state index contributed by atoms with van der Waals surface area (Å²) in [7, 11) is 0. The zero-order valence-corrected chi connectivity index (χ0v) is 17.5. The molecule has 2 aromatic rings. The number of aryl methyl sites for hydroxylation is 1. The number of imide groups is 2. The second-order valence-electron chi connectivity index (χ2n) is 6.10. The van der Waals surface area contributed by atoms with E-state index >= 15 is 0 Å². The largest absolute Gasteiger partial charge is 0.478 e. The van der Waals surface area contributed by atoms with E-state index < -0.39 is 17.8 Å². The van der Waals surface area contributed by atoms with E-state index in [-0.39, 0.29) is 17.2 Å². The lowest BCUT2D eigenvalue weighted by Gasteiger charge is -2.26. The van der Waals surface area contributed by atoms with Gasteiger partial charge in [-0.1, -0.05) is 35.2 Å². The highest BCUT2D eigenvalue weighted by Crippen LogP contribution is 2.35. The van der Waals surface area contributed by atoms with Gasteiger partial charge in [0.05, 0.1) is 15.2 Å². The quantitative estimate of drug-likeness (QED) is 0.412. The molecular formula is C21H14BrClN2O4. The van der Waals surface area contributed by atoms with Gasteiger partial charge < -0.3 is 4.74 Å². The summed E-state index contributed by atoms with van der Waals surface area (Å²) in [5.74, 6) is 1.17. The summed E-state index contributed by atoms with van der Waals surface area (Å²) in [4.78, 5) is 38.3. The standard InChI is InChI=1S/C21H14BrClN2O4/c1-3-8-29-18-16(22)10-13(11-17(18)23)9-15-19(26)24-21(28)25(20(15)27)14-6-4-12(2)5-7-14/h1,4-7,9-11H,8H2,2H3,(H,24,26,28)/b15-9+. The number of hydrogen-bond donors (Lipinski definition) is 1. The van der Waals surface area contributed by atoms with Crippen LogP contribution >= 0.6 is 27.5 Å². The number of benzene rings is 2. The van der Waals surface area contributed by atoms with Crippen molar-refractivity contribution in [3.63, 3.8) is 0 Å². The molecule has 3 rings (SSSR count). The van der Waals surface area contributed by atoms with Crippen molar-refractivity contribution in [3.05, 3.63) is 62.6 Å². The van der Waals surface area contributed by atoms with Crippen LogP contribution in [0, 0.1) is 19.3 Å². The number of amides is 4. The van der Waals surface area contributed by atoms with Gasteiger partial charge in [0, 0.05) is 0 Å². The molecule has 0 radical (unpaired) electrons. The summed E-state index contributed by atoms with van der Waals surface area (Å²) in [5.41, 5.74) is 1.59. The molecule has 6 nitrogen and oxygen atoms in total. The Morgan fingerprint density at radius 3 is 2.55 bits per heavy atom. The zero-order chi connectivity index (χ0) is 21.1. The van der Waals surface area contributed by atoms with E-state index in [9.17, 15) is 14.4 Å². The first-order chi connectivity index (χ1) is 13.8. The normalized spacial score (nSPS) is 15.3. The first-order valence-corrected chi connectivity index (χ1v) is 9.52. The number of barbiturate groups is 1. The van der Waals surface area contributed by atoms with Crippen molar-refractivity contribution in [2.45, 2.75) is 6.92 Å². The Hall–Kier alpha value is -3.08. The number of carbonyl (C=O) groups is 3. The third kappa shape index (κ3) is 4.34. The van der Waals surface area contributed by atoms with E-state index in [0.717, 1.165) is 10.5 Å². The van der Waals surface area contributed by atoms with Crippen molar-refractivity contribution >= 4 is 57.1 Å². The fourth-order valence-electron chi connectivity index (χ4n) is 2.67. The lowest BCUT2D eigenvalue weighted by Crippen LogP contribution is -2.54. The molecular weight excluding hydrogens is 460 g/mol. The Kier molecular flexibility index (Phi) is 6.06. The summed E-state index contributed by atoms with van der Waals surface area (Å²) in [6.07, 6.45) is 6.54. The molecule has 29 heavy (non-hydrogen) atoms. The van der Waals surface area contributed by atoms with Crippen LogP contribution in [0.15, 0.2) is 46.4 Å². The van der Waals surface area contributed by atoms with Crippen molar-refractivity contribution in [3.8, 4) is 18.1 Å². The molecule has 4 amide bonds. The van der Waals surface area contributed by atoms with Gasteiger partial charge in [0.15, 0.2) is 5.75 Å². The maximum Gasteiger partial charge on any atom is 0.335 e. The van der Waals surface area contributed by atoms with E-state index in [4.69, 9.17) is 22.8 Å². The number of halogens is 2. The molecule has 0 atom stereocenters. The highest BCUT2D eigenvalue weighted by molar-refractivity contribution is 9.10. The Morgan fingerprint density at radius 1 is 1.24 bits per heavy atom. The molecule has 0 unspecified atom stereocenters. The van der Waals surface area contributed by atoms with Gasteiger partial charge in [-0.3, -0.25) is 14.9 Å². The highest BCUT2D eigenvalue weighted by atomic mass is 79.9. The van der Waals surface area contributed by atoms with E-state index in [0.29, 0.717) is 21.5 Å². The third-order valence-electron chi connectivity index (χ3n) is 4.03. The van der Waals surface area contributed by atoms with Crippen LogP contribution in [-0.4, -0.2) is 24.5 Å². The third-order valence-corrected chi connectivity index (χ3v) is 4.90. The molecule has 146 valence electrons. The summed E-state index contributed by atoms with van der Waals surface area (Å²) in [5, 5.41) is 2.43. The molecule has 1 aliphatic heterocycles. The van der Waals surface area contributed by atoms with Crippen LogP contribution in [0.5, 0.6) is 5.75 Å². The van der Waals surface area contributed by atoms with Crippen molar-refractivity contribution in [2.75, 3.05) is 11.5 Å². The molecule has 0 bridgehead atoms. The minimum atomic E-state index is -0.807. The van der Waals surface area contributed by atoms with Crippen molar-refractivity contribution in [1.29, 1.82) is 0 Å². The Bertz CT molecular complexity index is 1060. The van der Waals surface area contributed by atoms with Crippen LogP contribution in [0.3, 0.4) is 0 Å². The summed E-state index contributed by atoms with van der Waals surface area (Å²) in [6, 6.07) is 9.13. The van der Waals surface area contributed by atoms with Gasteiger partial charge in [-0.25, -0.2) is 9.69 Å². The summed E-state index contributed by atoms with van der Waals surface area (Å²) < 4.78 is 5.87. The zero-order valence-electron chi connectivity index (χ0n) is 15.2. The molecule has 8 heteroatoms. The van der Waals surface area contributed by atoms with E-state index in [1.165, 1.54) is 12.1 Å². The monoisotopic (exact) mass is 472 g/mol. The van der Waals surface area contributed by atoms with Crippen molar-refractivity contribution < 1.29 is 19.1 Å². The van der Waals surface area contributed by atoms with Crippen molar-refractivity contribution in [1.82, 2.24) is 5.32 Å². The molecule has 0 aliphatic carbocycles. The van der Waals surface area contributed by atoms with Gasteiger partial charge in [-0.2, -0.15) is 0 Å². The number of urea groups is 1. The molecule has 1 aliphatic rings. The molecule has 1 saturated heterocycles. The van der Waals surface area contributed by atoms with E-state index in [1.807, 2.05) is 6.92 Å². The first-order valence-electron chi connectivity index (χ1n) is 8.35. The molecule has 1 N–H and O–H groups in total. The second-order valence-corrected chi connectivity index (χ2v) is 7.36. The average molecular weight is 474 g/mol. The van der Waals surface area contributed by atoms with Gasteiger partial charge in [0.2, 0.25) is 0 Å². The molecule has 1 heterocycles. The molecule has 0 spiro atoms. The number of terminal acetylenes is 1. The van der Waals surface area contributed by atoms with Crippen LogP contribution in [-0.2, 0) is 9.59 Å². The molecule has 0 aromatic heterocycles. The van der Waals surface area contributed by atoms with E-state index in [2.05, 4.69) is 27.2 Å². The van der Waals surface area contributed by atoms with Gasteiger partial charge in [-0.15, -0.1) is 6.42 Å². The number of ether oxygens (including phenoxy) is 1. The minimum absolute atomic E-state index is 0.0350. The number of rotatable bonds is 4. The lowest BCUT2D eigenvalue weighted by molar-refractivity contribution is -0.122. The molecule has 1 fully saturated rings. The maximum absolute atomic E-state index is 12.9. The number of nitrogens with zero attached hydrogens (tertiary/aromatic N) is 1. The van der Waals surface area contributed by atoms with Gasteiger partial charge in [0.25, 0.3) is 11.8 Å². The second kappa shape index (κ2) is 8.52. The predicted molar refractivity (Wildman–Crippen MR) is 114 cm³/mol. The number of carbonyl (C=O) groups excluding carboxylic acids is 3. The lowest BCUT2D eigenvalue weighted by atomic mass is 10.1. The summed E-state index contributed by atoms with van der Waals surface area (Å²) >= 11 is 9.55. The van der Waals surface area contributed by atoms with Crippen LogP contribution in [0.25, 0.3) is 6.08 Å². The fraction of sp³-hybridized carbons (Fsp3) is 0.0952. The number of anilines is 1. The predicted octanol–water partition coefficient (Wildman–Crippen LogP) is 4.09. The van der Waals surface area contributed by atoms with Crippen LogP contribution in [0.1, 0.15) is 11.1 Å². The fourth-order valence-corrected chi connectivity index (χ4v) is 3.66. The Balaban J connectivity index is 1.98. The van der Waals surface area contributed by atoms with Gasteiger partial charge in [-0.05, 0) is 58.8 Å². The SMILES string of the molecule is C#CCOc1c(Cl)cc(/C=C2\C(=O)NC(=O)N(c3ccc(C)cc3)C2=O)cc1Br. The summed E-state index contributed by atoms with van der Waals surface area (Å²) in [6.45, 7) is 1.92. The molecule has 0 saturated carbocycles. The molecule has 2 aromatic carbocycles. The van der Waals surface area contributed by atoms with Gasteiger partial charge in [0.1, 0.15) is 12.2 Å². The van der Waals surface area contributed by atoms with Crippen LogP contribution in [0.4, 0.5) is 10.5 Å². The van der Waals surface area contributed by atoms with Gasteiger partial charge >= 0.3 is 6.03 Å². The first kappa shape index (κ1) is 20.6. The topological polar surface area (TPSA) is 75.7 Å². The Morgan fingerprint density at radius 2 is 1.93 bits per heavy atom. The van der Waals surface area contributed by atoms with Crippen LogP contribution < -0.4 is 15.0 Å². The Labute approximate surface area is 180 Å². The van der Waals surface area contributed by atoms with Crippen LogP contribution in [0.2, 0.25) is 5.02 Å². The average Bonchev–Trinajstić information content (AvgIpc) is 2.66. The van der Waals surface area contributed by atoms with E-state index in [1.54, 1.807) is 30.3 Å². The minimum Gasteiger partial charge on any atom is -0.478 e. The number of hydrogen-bond acceptors (Lipinski definition) is 4. The maximum atomic E-state index is 12.9. The smallest absolute Gasteiger partial charge is 0.335 e. The highest BCUT2D eigenvalue weighted by Gasteiger charge is 2.36.